The van der Waals surface area contributed by atoms with Gasteiger partial charge in [0.15, 0.2) is 17.3 Å². The number of hydrogen-bond donors (Lipinski definition) is 0. The molecule has 154 valence electrons. The summed E-state index contributed by atoms with van der Waals surface area (Å²) in [5, 5.41) is 0. The molecule has 1 saturated heterocycles. The molecule has 1 aromatic rings. The van der Waals surface area contributed by atoms with Crippen molar-refractivity contribution >= 4 is 5.91 Å². The van der Waals surface area contributed by atoms with Gasteiger partial charge in [0.2, 0.25) is 12.7 Å². The number of carbonyl (C=O) groups is 1. The van der Waals surface area contributed by atoms with E-state index in [9.17, 15) is 4.79 Å². The molecule has 0 aromatic heterocycles. The van der Waals surface area contributed by atoms with Crippen molar-refractivity contribution in [1.29, 1.82) is 0 Å². The number of ether oxygens (including phenoxy) is 4. The lowest BCUT2D eigenvalue weighted by molar-refractivity contribution is -0.149. The minimum atomic E-state index is -0.583. The summed E-state index contributed by atoms with van der Waals surface area (Å²) in [6.07, 6.45) is 6.64. The second-order valence-electron chi connectivity index (χ2n) is 8.55. The number of hydrogen-bond acceptors (Lipinski definition) is 5. The minimum Gasteiger partial charge on any atom is -0.454 e. The predicted octanol–water partition coefficient (Wildman–Crippen LogP) is 3.87. The molecule has 1 aromatic carbocycles. The molecule has 6 nitrogen and oxygen atoms in total. The van der Waals surface area contributed by atoms with Gasteiger partial charge in [-0.25, -0.2) is 0 Å². The van der Waals surface area contributed by atoms with Gasteiger partial charge in [-0.15, -0.1) is 0 Å². The van der Waals surface area contributed by atoms with E-state index in [1.807, 2.05) is 36.9 Å². The standard InChI is InChI=1S/C22H31NO5/c1-22(2)27-14-18(28-22)13-23(21(24)17-7-5-3-4-6-8-17)12-16-9-10-19-20(11-16)26-15-25-19/h9-11,17-18H,3-8,12-15H2,1-2H3/t18-/m0/s1. The Morgan fingerprint density at radius 3 is 2.57 bits per heavy atom. The molecule has 4 rings (SSSR count). The normalized spacial score (nSPS) is 24.1. The van der Waals surface area contributed by atoms with Gasteiger partial charge in [0.05, 0.1) is 6.61 Å². The van der Waals surface area contributed by atoms with Crippen LogP contribution in [0, 0.1) is 5.92 Å². The maximum Gasteiger partial charge on any atom is 0.231 e. The number of fused-ring (bicyclic) bond motifs is 1. The molecule has 1 atom stereocenters. The van der Waals surface area contributed by atoms with Crippen molar-refractivity contribution in [3.8, 4) is 11.5 Å². The number of carbonyl (C=O) groups excluding carboxylic acids is 1. The highest BCUT2D eigenvalue weighted by molar-refractivity contribution is 5.79. The van der Waals surface area contributed by atoms with E-state index in [1.54, 1.807) is 0 Å². The van der Waals surface area contributed by atoms with Gasteiger partial charge in [-0.05, 0) is 44.4 Å². The molecule has 1 saturated carbocycles. The average Bonchev–Trinajstić information content (AvgIpc) is 3.16. The summed E-state index contributed by atoms with van der Waals surface area (Å²) in [5.41, 5.74) is 1.05. The quantitative estimate of drug-likeness (QED) is 0.716. The number of rotatable bonds is 5. The molecular weight excluding hydrogens is 358 g/mol. The molecule has 3 aliphatic rings. The molecule has 2 fully saturated rings. The first-order chi connectivity index (χ1) is 13.5. The number of benzene rings is 1. The van der Waals surface area contributed by atoms with Gasteiger partial charge < -0.3 is 23.8 Å². The van der Waals surface area contributed by atoms with Gasteiger partial charge in [0, 0.05) is 19.0 Å². The van der Waals surface area contributed by atoms with E-state index in [4.69, 9.17) is 18.9 Å². The van der Waals surface area contributed by atoms with Crippen LogP contribution in [0.25, 0.3) is 0 Å². The van der Waals surface area contributed by atoms with Crippen LogP contribution in [0.3, 0.4) is 0 Å². The monoisotopic (exact) mass is 389 g/mol. The Morgan fingerprint density at radius 1 is 1.11 bits per heavy atom. The van der Waals surface area contributed by atoms with Crippen LogP contribution in [0.4, 0.5) is 0 Å². The number of nitrogens with zero attached hydrogens (tertiary/aromatic N) is 1. The number of amides is 1. The zero-order chi connectivity index (χ0) is 19.6. The van der Waals surface area contributed by atoms with E-state index in [2.05, 4.69) is 0 Å². The highest BCUT2D eigenvalue weighted by atomic mass is 16.7. The summed E-state index contributed by atoms with van der Waals surface area (Å²) in [6.45, 7) is 5.71. The van der Waals surface area contributed by atoms with Crippen molar-refractivity contribution in [3.63, 3.8) is 0 Å². The molecule has 0 unspecified atom stereocenters. The van der Waals surface area contributed by atoms with E-state index in [0.29, 0.717) is 19.7 Å². The summed E-state index contributed by atoms with van der Waals surface area (Å²) < 4.78 is 22.6. The summed E-state index contributed by atoms with van der Waals surface area (Å²) in [5.74, 6) is 1.29. The molecule has 2 heterocycles. The van der Waals surface area contributed by atoms with Gasteiger partial charge in [-0.3, -0.25) is 4.79 Å². The Kier molecular flexibility index (Phi) is 5.78. The van der Waals surface area contributed by atoms with Crippen LogP contribution < -0.4 is 9.47 Å². The van der Waals surface area contributed by atoms with Crippen LogP contribution in [0.15, 0.2) is 18.2 Å². The zero-order valence-corrected chi connectivity index (χ0v) is 16.9. The van der Waals surface area contributed by atoms with Crippen LogP contribution in [0.5, 0.6) is 11.5 Å². The van der Waals surface area contributed by atoms with E-state index >= 15 is 0 Å². The van der Waals surface area contributed by atoms with Crippen LogP contribution in [-0.2, 0) is 20.8 Å². The van der Waals surface area contributed by atoms with Gasteiger partial charge in [0.25, 0.3) is 0 Å². The minimum absolute atomic E-state index is 0.0984. The average molecular weight is 389 g/mol. The fraction of sp³-hybridized carbons (Fsp3) is 0.682. The lowest BCUT2D eigenvalue weighted by Crippen LogP contribution is -2.41. The van der Waals surface area contributed by atoms with Gasteiger partial charge in [-0.1, -0.05) is 31.7 Å². The molecule has 0 spiro atoms. The van der Waals surface area contributed by atoms with Crippen LogP contribution >= 0.6 is 0 Å². The Morgan fingerprint density at radius 2 is 1.86 bits per heavy atom. The maximum atomic E-state index is 13.4. The lowest BCUT2D eigenvalue weighted by atomic mass is 9.98. The van der Waals surface area contributed by atoms with Crippen LogP contribution in [0.2, 0.25) is 0 Å². The third-order valence-electron chi connectivity index (χ3n) is 5.82. The molecule has 6 heteroatoms. The SMILES string of the molecule is CC1(C)OC[C@H](CN(Cc2ccc3c(c2)OCO3)C(=O)C2CCCCCC2)O1. The molecule has 0 bridgehead atoms. The summed E-state index contributed by atoms with van der Waals surface area (Å²) in [7, 11) is 0. The van der Waals surface area contributed by atoms with Gasteiger partial charge >= 0.3 is 0 Å². The summed E-state index contributed by atoms with van der Waals surface area (Å²) in [6, 6.07) is 5.91. The Bertz CT molecular complexity index is 696. The first-order valence-electron chi connectivity index (χ1n) is 10.5. The largest absolute Gasteiger partial charge is 0.454 e. The molecule has 0 N–H and O–H groups in total. The molecule has 0 radical (unpaired) electrons. The van der Waals surface area contributed by atoms with E-state index in [-0.39, 0.29) is 24.7 Å². The van der Waals surface area contributed by atoms with E-state index in [0.717, 1.165) is 42.7 Å². The molecule has 2 aliphatic heterocycles. The third-order valence-corrected chi connectivity index (χ3v) is 5.82. The topological polar surface area (TPSA) is 57.2 Å². The molecule has 1 aliphatic carbocycles. The van der Waals surface area contributed by atoms with Gasteiger partial charge in [0.1, 0.15) is 6.10 Å². The first-order valence-corrected chi connectivity index (χ1v) is 10.5. The second-order valence-corrected chi connectivity index (χ2v) is 8.55. The summed E-state index contributed by atoms with van der Waals surface area (Å²) >= 11 is 0. The molecule has 1 amide bonds. The smallest absolute Gasteiger partial charge is 0.231 e. The van der Waals surface area contributed by atoms with Crippen molar-refractivity contribution < 1.29 is 23.7 Å². The highest BCUT2D eigenvalue weighted by Crippen LogP contribution is 2.33. The van der Waals surface area contributed by atoms with Crippen molar-refractivity contribution in [2.24, 2.45) is 5.92 Å². The Balaban J connectivity index is 1.49. The highest BCUT2D eigenvalue weighted by Gasteiger charge is 2.35. The van der Waals surface area contributed by atoms with Crippen molar-refractivity contribution in [2.75, 3.05) is 19.9 Å². The molecular formula is C22H31NO5. The van der Waals surface area contributed by atoms with Crippen molar-refractivity contribution in [1.82, 2.24) is 4.90 Å². The third kappa shape index (κ3) is 4.61. The maximum absolute atomic E-state index is 13.4. The van der Waals surface area contributed by atoms with Crippen LogP contribution in [0.1, 0.15) is 57.9 Å². The van der Waals surface area contributed by atoms with E-state index in [1.165, 1.54) is 12.8 Å². The van der Waals surface area contributed by atoms with E-state index < -0.39 is 5.79 Å². The Hall–Kier alpha value is -1.79. The van der Waals surface area contributed by atoms with Crippen molar-refractivity contribution in [3.05, 3.63) is 23.8 Å². The Labute approximate surface area is 167 Å². The van der Waals surface area contributed by atoms with Crippen LogP contribution in [-0.4, -0.2) is 42.6 Å². The summed E-state index contributed by atoms with van der Waals surface area (Å²) in [4.78, 5) is 15.4. The zero-order valence-electron chi connectivity index (χ0n) is 16.9. The van der Waals surface area contributed by atoms with Crippen molar-refractivity contribution in [2.45, 2.75) is 70.8 Å². The second kappa shape index (κ2) is 8.29. The predicted molar refractivity (Wildman–Crippen MR) is 104 cm³/mol. The lowest BCUT2D eigenvalue weighted by Gasteiger charge is -2.29. The fourth-order valence-corrected chi connectivity index (χ4v) is 4.38. The molecule has 28 heavy (non-hydrogen) atoms. The van der Waals surface area contributed by atoms with Gasteiger partial charge in [-0.2, -0.15) is 0 Å². The first kappa shape index (κ1) is 19.5. The fourth-order valence-electron chi connectivity index (χ4n) is 4.38.